The molecule has 21 heavy (non-hydrogen) atoms. The molecule has 116 valence electrons. The van der Waals surface area contributed by atoms with Crippen molar-refractivity contribution >= 4 is 27.4 Å². The van der Waals surface area contributed by atoms with Gasteiger partial charge in [-0.3, -0.25) is 9.62 Å². The van der Waals surface area contributed by atoms with E-state index in [-0.39, 0.29) is 11.8 Å². The number of amides is 2. The second-order valence-electron chi connectivity index (χ2n) is 4.70. The van der Waals surface area contributed by atoms with Gasteiger partial charge in [0.15, 0.2) is 0 Å². The van der Waals surface area contributed by atoms with E-state index in [1.165, 1.54) is 7.11 Å². The Morgan fingerprint density at radius 3 is 2.62 bits per heavy atom. The van der Waals surface area contributed by atoms with Crippen LogP contribution in [0, 0.1) is 0 Å². The molecule has 1 aliphatic heterocycles. The fourth-order valence-electron chi connectivity index (χ4n) is 2.05. The van der Waals surface area contributed by atoms with Crippen LogP contribution in [0.4, 0.5) is 16.2 Å². The average molecular weight is 313 g/mol. The van der Waals surface area contributed by atoms with Crippen LogP contribution < -0.4 is 14.9 Å². The zero-order chi connectivity index (χ0) is 15.3. The van der Waals surface area contributed by atoms with Crippen molar-refractivity contribution in [1.29, 1.82) is 0 Å². The maximum Gasteiger partial charge on any atom is 0.321 e. The average Bonchev–Trinajstić information content (AvgIpc) is 2.86. The summed E-state index contributed by atoms with van der Waals surface area (Å²) in [6.07, 6.45) is 0.442. The maximum absolute atomic E-state index is 11.8. The Hall–Kier alpha value is -1.80. The number of carbonyl (C=O) groups excluding carboxylic acids is 1. The highest BCUT2D eigenvalue weighted by atomic mass is 32.2. The fourth-order valence-corrected chi connectivity index (χ4v) is 3.15. The minimum atomic E-state index is -3.37. The number of hydrogen-bond donors (Lipinski definition) is 2. The van der Waals surface area contributed by atoms with Crippen molar-refractivity contribution in [2.45, 2.75) is 6.42 Å². The standard InChI is InChI=1S/C13H19N3O4S/c1-20-9-2-10-21(18,19)15-11-3-5-12(6-4-11)16-8-7-14-13(16)17/h3-6,15H,2,7-10H2,1H3,(H,14,17). The van der Waals surface area contributed by atoms with Crippen LogP contribution in [0.15, 0.2) is 24.3 Å². The molecule has 0 bridgehead atoms. The van der Waals surface area contributed by atoms with Gasteiger partial charge in [0.2, 0.25) is 10.0 Å². The summed E-state index contributed by atoms with van der Waals surface area (Å²) in [5.74, 6) is 0.0110. The molecule has 2 N–H and O–H groups in total. The number of urea groups is 1. The Morgan fingerprint density at radius 1 is 1.33 bits per heavy atom. The van der Waals surface area contributed by atoms with Crippen molar-refractivity contribution in [3.63, 3.8) is 0 Å². The Labute approximate surface area is 124 Å². The van der Waals surface area contributed by atoms with E-state index in [0.717, 1.165) is 5.69 Å². The summed E-state index contributed by atoms with van der Waals surface area (Å²) in [6, 6.07) is 6.60. The lowest BCUT2D eigenvalue weighted by Gasteiger charge is -2.15. The second kappa shape index (κ2) is 6.77. The highest BCUT2D eigenvalue weighted by Gasteiger charge is 2.20. The molecule has 1 heterocycles. The molecule has 0 radical (unpaired) electrons. The number of hydrogen-bond acceptors (Lipinski definition) is 4. The molecule has 2 amide bonds. The molecule has 1 fully saturated rings. The van der Waals surface area contributed by atoms with E-state index in [1.807, 2.05) is 0 Å². The van der Waals surface area contributed by atoms with Gasteiger partial charge in [0, 0.05) is 38.2 Å². The summed E-state index contributed by atoms with van der Waals surface area (Å²) in [5, 5.41) is 2.71. The van der Waals surface area contributed by atoms with Gasteiger partial charge in [0.1, 0.15) is 0 Å². The van der Waals surface area contributed by atoms with Crippen LogP contribution in [0.5, 0.6) is 0 Å². The Bertz CT molecular complexity index is 586. The van der Waals surface area contributed by atoms with Crippen molar-refractivity contribution in [2.24, 2.45) is 0 Å². The third kappa shape index (κ3) is 4.33. The van der Waals surface area contributed by atoms with Crippen LogP contribution in [0.25, 0.3) is 0 Å². The van der Waals surface area contributed by atoms with Gasteiger partial charge in [-0.1, -0.05) is 0 Å². The van der Waals surface area contributed by atoms with Crippen molar-refractivity contribution in [2.75, 3.05) is 42.2 Å². The molecule has 1 aromatic carbocycles. The lowest BCUT2D eigenvalue weighted by atomic mass is 10.2. The summed E-state index contributed by atoms with van der Waals surface area (Å²) in [6.45, 7) is 1.64. The summed E-state index contributed by atoms with van der Waals surface area (Å²) < 4.78 is 31.0. The van der Waals surface area contributed by atoms with Gasteiger partial charge in [0.05, 0.1) is 5.75 Å². The molecule has 0 aromatic heterocycles. The highest BCUT2D eigenvalue weighted by molar-refractivity contribution is 7.92. The number of ether oxygens (including phenoxy) is 1. The van der Waals surface area contributed by atoms with E-state index in [1.54, 1.807) is 29.2 Å². The molecule has 8 heteroatoms. The summed E-state index contributed by atoms with van der Waals surface area (Å²) in [5.41, 5.74) is 1.23. The molecule has 1 aromatic rings. The SMILES string of the molecule is COCCCS(=O)(=O)Nc1ccc(N2CCNC2=O)cc1. The smallest absolute Gasteiger partial charge is 0.321 e. The lowest BCUT2D eigenvalue weighted by Crippen LogP contribution is -2.27. The Morgan fingerprint density at radius 2 is 2.05 bits per heavy atom. The maximum atomic E-state index is 11.8. The minimum absolute atomic E-state index is 0.0110. The topological polar surface area (TPSA) is 87.7 Å². The number of anilines is 2. The second-order valence-corrected chi connectivity index (χ2v) is 6.54. The number of nitrogens with zero attached hydrogens (tertiary/aromatic N) is 1. The van der Waals surface area contributed by atoms with Crippen LogP contribution in [-0.4, -0.2) is 47.0 Å². The molecular formula is C13H19N3O4S. The molecule has 0 spiro atoms. The number of benzene rings is 1. The highest BCUT2D eigenvalue weighted by Crippen LogP contribution is 2.20. The lowest BCUT2D eigenvalue weighted by molar-refractivity contribution is 0.199. The van der Waals surface area contributed by atoms with Gasteiger partial charge in [0.25, 0.3) is 0 Å². The first-order valence-corrected chi connectivity index (χ1v) is 8.32. The number of carbonyl (C=O) groups is 1. The molecule has 7 nitrogen and oxygen atoms in total. The molecule has 2 rings (SSSR count). The predicted octanol–water partition coefficient (Wildman–Crippen LogP) is 0.994. The summed E-state index contributed by atoms with van der Waals surface area (Å²) in [4.78, 5) is 13.1. The van der Waals surface area contributed by atoms with Crippen molar-refractivity contribution in [3.05, 3.63) is 24.3 Å². The van der Waals surface area contributed by atoms with Crippen LogP contribution in [0.1, 0.15) is 6.42 Å². The molecule has 1 saturated heterocycles. The molecule has 0 unspecified atom stereocenters. The van der Waals surface area contributed by atoms with Crippen LogP contribution in [0.2, 0.25) is 0 Å². The first-order chi connectivity index (χ1) is 10.0. The van der Waals surface area contributed by atoms with Gasteiger partial charge in [-0.25, -0.2) is 13.2 Å². The quantitative estimate of drug-likeness (QED) is 0.735. The summed E-state index contributed by atoms with van der Waals surface area (Å²) >= 11 is 0. The monoisotopic (exact) mass is 313 g/mol. The van der Waals surface area contributed by atoms with Crippen LogP contribution in [0.3, 0.4) is 0 Å². The number of methoxy groups -OCH3 is 1. The van der Waals surface area contributed by atoms with Crippen LogP contribution >= 0.6 is 0 Å². The molecular weight excluding hydrogens is 294 g/mol. The van der Waals surface area contributed by atoms with E-state index in [4.69, 9.17) is 4.74 Å². The van der Waals surface area contributed by atoms with E-state index < -0.39 is 10.0 Å². The Balaban J connectivity index is 1.97. The third-order valence-electron chi connectivity index (χ3n) is 3.07. The fraction of sp³-hybridized carbons (Fsp3) is 0.462. The normalized spacial score (nSPS) is 15.1. The summed E-state index contributed by atoms with van der Waals surface area (Å²) in [7, 11) is -1.84. The van der Waals surface area contributed by atoms with E-state index in [9.17, 15) is 13.2 Å². The number of nitrogens with one attached hydrogen (secondary N) is 2. The van der Waals surface area contributed by atoms with Gasteiger partial charge in [-0.15, -0.1) is 0 Å². The molecule has 1 aliphatic rings. The zero-order valence-electron chi connectivity index (χ0n) is 11.8. The third-order valence-corrected chi connectivity index (χ3v) is 4.44. The predicted molar refractivity (Wildman–Crippen MR) is 81.1 cm³/mol. The first-order valence-electron chi connectivity index (χ1n) is 6.67. The first kappa shape index (κ1) is 15.6. The molecule has 0 saturated carbocycles. The van der Waals surface area contributed by atoms with Crippen molar-refractivity contribution < 1.29 is 17.9 Å². The minimum Gasteiger partial charge on any atom is -0.385 e. The van der Waals surface area contributed by atoms with Crippen molar-refractivity contribution in [1.82, 2.24) is 5.32 Å². The van der Waals surface area contributed by atoms with E-state index in [2.05, 4.69) is 10.0 Å². The molecule has 0 aliphatic carbocycles. The van der Waals surface area contributed by atoms with Gasteiger partial charge in [-0.2, -0.15) is 0 Å². The largest absolute Gasteiger partial charge is 0.385 e. The van der Waals surface area contributed by atoms with Crippen molar-refractivity contribution in [3.8, 4) is 0 Å². The van der Waals surface area contributed by atoms with Gasteiger partial charge < -0.3 is 10.1 Å². The molecule has 0 atom stereocenters. The van der Waals surface area contributed by atoms with Gasteiger partial charge >= 0.3 is 6.03 Å². The Kier molecular flexibility index (Phi) is 5.03. The number of sulfonamides is 1. The van der Waals surface area contributed by atoms with Gasteiger partial charge in [-0.05, 0) is 30.7 Å². The number of rotatable bonds is 7. The van der Waals surface area contributed by atoms with E-state index in [0.29, 0.717) is 31.8 Å². The zero-order valence-corrected chi connectivity index (χ0v) is 12.6. The van der Waals surface area contributed by atoms with Crippen LogP contribution in [-0.2, 0) is 14.8 Å². The van der Waals surface area contributed by atoms with E-state index >= 15 is 0 Å².